The Labute approximate surface area is 194 Å². The first-order chi connectivity index (χ1) is 15.6. The van der Waals surface area contributed by atoms with Gasteiger partial charge in [0.05, 0.1) is 12.1 Å². The van der Waals surface area contributed by atoms with Crippen LogP contribution in [0, 0.1) is 6.92 Å². The van der Waals surface area contributed by atoms with Crippen molar-refractivity contribution in [1.29, 1.82) is 0 Å². The molecule has 4 heteroatoms. The van der Waals surface area contributed by atoms with Gasteiger partial charge in [0.2, 0.25) is 5.91 Å². The lowest BCUT2D eigenvalue weighted by Gasteiger charge is -2.30. The van der Waals surface area contributed by atoms with Crippen LogP contribution in [-0.4, -0.2) is 28.9 Å². The minimum absolute atomic E-state index is 0.214. The van der Waals surface area contributed by atoms with Crippen molar-refractivity contribution in [3.63, 3.8) is 0 Å². The van der Waals surface area contributed by atoms with Gasteiger partial charge in [0, 0.05) is 29.9 Å². The highest BCUT2D eigenvalue weighted by molar-refractivity contribution is 6.30. The Morgan fingerprint density at radius 1 is 0.969 bits per heavy atom. The Morgan fingerprint density at radius 2 is 1.78 bits per heavy atom. The van der Waals surface area contributed by atoms with Crippen LogP contribution in [0.4, 0.5) is 0 Å². The normalized spacial score (nSPS) is 15.8. The van der Waals surface area contributed by atoms with Crippen molar-refractivity contribution in [1.82, 2.24) is 9.88 Å². The number of pyridine rings is 1. The van der Waals surface area contributed by atoms with Crippen molar-refractivity contribution in [2.75, 3.05) is 13.1 Å². The van der Waals surface area contributed by atoms with E-state index < -0.39 is 0 Å². The summed E-state index contributed by atoms with van der Waals surface area (Å²) in [4.78, 5) is 19.8. The van der Waals surface area contributed by atoms with Crippen molar-refractivity contribution in [2.45, 2.75) is 39.0 Å². The van der Waals surface area contributed by atoms with Crippen LogP contribution in [0.25, 0.3) is 5.57 Å². The van der Waals surface area contributed by atoms with Gasteiger partial charge in [-0.25, -0.2) is 0 Å². The zero-order valence-electron chi connectivity index (χ0n) is 18.4. The van der Waals surface area contributed by atoms with Gasteiger partial charge >= 0.3 is 0 Å². The van der Waals surface area contributed by atoms with E-state index in [0.29, 0.717) is 6.42 Å². The van der Waals surface area contributed by atoms with Gasteiger partial charge in [0.25, 0.3) is 0 Å². The topological polar surface area (TPSA) is 33.2 Å². The van der Waals surface area contributed by atoms with Crippen LogP contribution in [0.1, 0.15) is 46.4 Å². The third-order valence-electron chi connectivity index (χ3n) is 6.64. The number of halogens is 1. The SMILES string of the molecule is Cc1cccc(CC(=O)N2CCC(=C3c4ccc(Cl)cc4CCc4cccnc43)CC2)c1. The molecule has 2 aromatic carbocycles. The number of aromatic nitrogens is 1. The number of fused-ring (bicyclic) bond motifs is 2. The number of hydrogen-bond donors (Lipinski definition) is 0. The molecule has 3 aromatic rings. The van der Waals surface area contributed by atoms with Crippen LogP contribution >= 0.6 is 11.6 Å². The summed E-state index contributed by atoms with van der Waals surface area (Å²) in [5, 5.41) is 0.781. The van der Waals surface area contributed by atoms with Crippen molar-refractivity contribution in [3.05, 3.63) is 105 Å². The first-order valence-electron chi connectivity index (χ1n) is 11.4. The fourth-order valence-electron chi connectivity index (χ4n) is 5.02. The Morgan fingerprint density at radius 3 is 2.59 bits per heavy atom. The Bertz CT molecular complexity index is 1200. The van der Waals surface area contributed by atoms with Crippen LogP contribution in [0.3, 0.4) is 0 Å². The van der Waals surface area contributed by atoms with E-state index in [-0.39, 0.29) is 5.91 Å². The van der Waals surface area contributed by atoms with E-state index in [1.54, 1.807) is 0 Å². The smallest absolute Gasteiger partial charge is 0.227 e. The highest BCUT2D eigenvalue weighted by atomic mass is 35.5. The fraction of sp³-hybridized carbons (Fsp3) is 0.286. The summed E-state index contributed by atoms with van der Waals surface area (Å²) >= 11 is 6.33. The fourth-order valence-corrected chi connectivity index (χ4v) is 5.21. The van der Waals surface area contributed by atoms with Gasteiger partial charge in [-0.05, 0) is 73.1 Å². The standard InChI is InChI=1S/C28H27ClN2O/c1-19-4-2-5-20(16-19)17-26(32)31-14-11-21(12-15-31)27-25-10-9-24(29)18-23(25)8-7-22-6-3-13-30-28(22)27/h2-6,9-10,13,16,18H,7-8,11-12,14-15,17H2,1H3. The van der Waals surface area contributed by atoms with Gasteiger partial charge in [-0.15, -0.1) is 0 Å². The summed E-state index contributed by atoms with van der Waals surface area (Å²) in [6, 6.07) is 18.7. The first-order valence-corrected chi connectivity index (χ1v) is 11.7. The predicted octanol–water partition coefficient (Wildman–Crippen LogP) is 5.81. The molecule has 32 heavy (non-hydrogen) atoms. The molecular weight excluding hydrogens is 416 g/mol. The van der Waals surface area contributed by atoms with Gasteiger partial charge in [0.15, 0.2) is 0 Å². The molecule has 1 fully saturated rings. The molecule has 3 nitrogen and oxygen atoms in total. The number of benzene rings is 2. The lowest BCUT2D eigenvalue weighted by atomic mass is 9.88. The van der Waals surface area contributed by atoms with Crippen LogP contribution in [0.15, 0.2) is 66.4 Å². The predicted molar refractivity (Wildman–Crippen MR) is 130 cm³/mol. The van der Waals surface area contributed by atoms with E-state index in [1.807, 2.05) is 35.4 Å². The maximum Gasteiger partial charge on any atom is 0.227 e. The molecule has 0 bridgehead atoms. The Balaban J connectivity index is 1.43. The highest BCUT2D eigenvalue weighted by Crippen LogP contribution is 2.38. The van der Waals surface area contributed by atoms with Gasteiger partial charge in [-0.3, -0.25) is 9.78 Å². The number of piperidine rings is 1. The van der Waals surface area contributed by atoms with Crippen LogP contribution in [-0.2, 0) is 24.1 Å². The lowest BCUT2D eigenvalue weighted by Crippen LogP contribution is -2.37. The van der Waals surface area contributed by atoms with Gasteiger partial charge in [-0.1, -0.05) is 59.1 Å². The van der Waals surface area contributed by atoms with E-state index >= 15 is 0 Å². The monoisotopic (exact) mass is 442 g/mol. The largest absolute Gasteiger partial charge is 0.342 e. The molecule has 162 valence electrons. The quantitative estimate of drug-likeness (QED) is 0.501. The summed E-state index contributed by atoms with van der Waals surface area (Å²) in [5.41, 5.74) is 9.87. The molecular formula is C28H27ClN2O. The highest BCUT2D eigenvalue weighted by Gasteiger charge is 2.26. The summed E-state index contributed by atoms with van der Waals surface area (Å²) in [5.74, 6) is 0.214. The molecule has 2 aliphatic rings. The number of hydrogen-bond acceptors (Lipinski definition) is 2. The molecule has 1 amide bonds. The molecule has 2 heterocycles. The second-order valence-electron chi connectivity index (χ2n) is 8.84. The van der Waals surface area contributed by atoms with Gasteiger partial charge < -0.3 is 4.90 Å². The number of nitrogens with zero attached hydrogens (tertiary/aromatic N) is 2. The third kappa shape index (κ3) is 4.22. The molecule has 0 radical (unpaired) electrons. The van der Waals surface area contributed by atoms with Crippen LogP contribution in [0.2, 0.25) is 5.02 Å². The number of carbonyl (C=O) groups is 1. The van der Waals surface area contributed by atoms with E-state index in [0.717, 1.165) is 55.1 Å². The molecule has 1 aromatic heterocycles. The maximum absolute atomic E-state index is 12.9. The number of aryl methyl sites for hydroxylation is 3. The van der Waals surface area contributed by atoms with E-state index in [4.69, 9.17) is 16.6 Å². The van der Waals surface area contributed by atoms with E-state index in [9.17, 15) is 4.79 Å². The summed E-state index contributed by atoms with van der Waals surface area (Å²) in [7, 11) is 0. The van der Waals surface area contributed by atoms with E-state index in [1.165, 1.54) is 33.4 Å². The molecule has 0 spiro atoms. The molecule has 5 rings (SSSR count). The maximum atomic E-state index is 12.9. The van der Waals surface area contributed by atoms with Gasteiger partial charge in [-0.2, -0.15) is 0 Å². The molecule has 0 saturated carbocycles. The van der Waals surface area contributed by atoms with Gasteiger partial charge in [0.1, 0.15) is 0 Å². The van der Waals surface area contributed by atoms with E-state index in [2.05, 4.69) is 37.3 Å². The molecule has 1 aliphatic carbocycles. The zero-order chi connectivity index (χ0) is 22.1. The first kappa shape index (κ1) is 21.0. The molecule has 0 N–H and O–H groups in total. The second-order valence-corrected chi connectivity index (χ2v) is 9.27. The van der Waals surface area contributed by atoms with Crippen LogP contribution < -0.4 is 0 Å². The number of rotatable bonds is 2. The number of carbonyl (C=O) groups excluding carboxylic acids is 1. The average molecular weight is 443 g/mol. The Hall–Kier alpha value is -2.91. The van der Waals surface area contributed by atoms with Crippen molar-refractivity contribution < 1.29 is 4.79 Å². The summed E-state index contributed by atoms with van der Waals surface area (Å²) in [6.45, 7) is 3.58. The molecule has 1 saturated heterocycles. The molecule has 0 atom stereocenters. The summed E-state index contributed by atoms with van der Waals surface area (Å²) < 4.78 is 0. The van der Waals surface area contributed by atoms with Crippen molar-refractivity contribution in [3.8, 4) is 0 Å². The zero-order valence-corrected chi connectivity index (χ0v) is 19.2. The average Bonchev–Trinajstić information content (AvgIpc) is 2.96. The molecule has 1 aliphatic heterocycles. The molecule has 0 unspecified atom stereocenters. The number of amides is 1. The van der Waals surface area contributed by atoms with Crippen LogP contribution in [0.5, 0.6) is 0 Å². The van der Waals surface area contributed by atoms with Crippen molar-refractivity contribution in [2.24, 2.45) is 0 Å². The third-order valence-corrected chi connectivity index (χ3v) is 6.87. The lowest BCUT2D eigenvalue weighted by molar-refractivity contribution is -0.130. The number of likely N-dealkylation sites (tertiary alicyclic amines) is 1. The minimum atomic E-state index is 0.214. The van der Waals surface area contributed by atoms with Crippen molar-refractivity contribution >= 4 is 23.1 Å². The second kappa shape index (κ2) is 8.91. The Kier molecular flexibility index (Phi) is 5.84. The minimum Gasteiger partial charge on any atom is -0.342 e. The summed E-state index contributed by atoms with van der Waals surface area (Å²) in [6.07, 6.45) is 6.06.